The van der Waals surface area contributed by atoms with E-state index in [1.54, 1.807) is 24.1 Å². The zero-order valence-corrected chi connectivity index (χ0v) is 26.5. The first-order valence-corrected chi connectivity index (χ1v) is 19.6. The molecule has 2 aromatic carbocycles. The average molecular weight is 585 g/mol. The maximum Gasteiger partial charge on any atom is 0.228 e. The van der Waals surface area contributed by atoms with Crippen LogP contribution in [-0.4, -0.2) is 65.4 Å². The van der Waals surface area contributed by atoms with Gasteiger partial charge in [0.15, 0.2) is 9.84 Å². The smallest absolute Gasteiger partial charge is 0.228 e. The highest BCUT2D eigenvalue weighted by atomic mass is 32.2. The van der Waals surface area contributed by atoms with Crippen LogP contribution in [0.25, 0.3) is 0 Å². The molecular formula is C31H44N2O5SSi. The van der Waals surface area contributed by atoms with Gasteiger partial charge in [-0.3, -0.25) is 9.59 Å². The molecule has 1 aliphatic carbocycles. The zero-order chi connectivity index (χ0) is 29.3. The van der Waals surface area contributed by atoms with E-state index in [2.05, 4.69) is 25.0 Å². The summed E-state index contributed by atoms with van der Waals surface area (Å²) in [6.45, 7) is 11.6. The average Bonchev–Trinajstić information content (AvgIpc) is 3.25. The van der Waals surface area contributed by atoms with Gasteiger partial charge in [-0.1, -0.05) is 63.0 Å². The summed E-state index contributed by atoms with van der Waals surface area (Å²) in [5, 5.41) is 2.91. The molecule has 1 aliphatic heterocycles. The number of hydrogen-bond donors (Lipinski definition) is 1. The lowest BCUT2D eigenvalue weighted by Crippen LogP contribution is -2.49. The fourth-order valence-electron chi connectivity index (χ4n) is 5.96. The number of carbonyl (C=O) groups is 2. The minimum atomic E-state index is -3.72. The number of rotatable bonds is 10. The van der Waals surface area contributed by atoms with Crippen molar-refractivity contribution in [3.8, 4) is 0 Å². The van der Waals surface area contributed by atoms with Crippen LogP contribution in [0.1, 0.15) is 42.9 Å². The van der Waals surface area contributed by atoms with E-state index in [0.717, 1.165) is 22.7 Å². The molecule has 0 aromatic heterocycles. The Balaban J connectivity index is 1.42. The van der Waals surface area contributed by atoms with Gasteiger partial charge in [-0.25, -0.2) is 8.42 Å². The number of carbonyl (C=O) groups excluding carboxylic acids is 2. The lowest BCUT2D eigenvalue weighted by Gasteiger charge is -2.41. The number of sulfone groups is 1. The first kappa shape index (κ1) is 30.5. The topological polar surface area (TPSA) is 92.8 Å². The molecule has 1 fully saturated rings. The monoisotopic (exact) mass is 584 g/mol. The highest BCUT2D eigenvalue weighted by molar-refractivity contribution is 7.91. The number of amides is 2. The number of benzene rings is 2. The van der Waals surface area contributed by atoms with Crippen molar-refractivity contribution < 1.29 is 22.7 Å². The third-order valence-corrected chi connectivity index (χ3v) is 12.2. The number of piperidine rings is 1. The summed E-state index contributed by atoms with van der Waals surface area (Å²) in [7, 11) is -3.14. The second-order valence-electron chi connectivity index (χ2n) is 13.1. The standard InChI is InChI=1S/C31H44N2O5SSi/c1-22-28(23-10-8-7-9-11-23)17-26(29(34)33(22)3)20-39(36,37)27-13-12-24-18-31(2,19-25(24)16-27)30(35)32-21-38-14-15-40(4,5)6/h7-13,16,22,26,28H,14-15,17-21H2,1-6H3,(H,32,35)/t22-,26-,28-,31?/m1/s1. The highest BCUT2D eigenvalue weighted by Crippen LogP contribution is 2.39. The van der Waals surface area contributed by atoms with E-state index in [4.69, 9.17) is 4.74 Å². The van der Waals surface area contributed by atoms with Crippen LogP contribution >= 0.6 is 0 Å². The lowest BCUT2D eigenvalue weighted by atomic mass is 9.80. The molecule has 2 aromatic rings. The van der Waals surface area contributed by atoms with E-state index >= 15 is 0 Å². The van der Waals surface area contributed by atoms with Crippen LogP contribution in [-0.2, 0) is 37.0 Å². The zero-order valence-electron chi connectivity index (χ0n) is 24.7. The molecule has 9 heteroatoms. The summed E-state index contributed by atoms with van der Waals surface area (Å²) in [5.74, 6) is -0.972. The van der Waals surface area contributed by atoms with E-state index in [1.807, 2.05) is 50.2 Å². The van der Waals surface area contributed by atoms with E-state index in [-0.39, 0.29) is 41.2 Å². The van der Waals surface area contributed by atoms with E-state index in [0.29, 0.717) is 25.9 Å². The van der Waals surface area contributed by atoms with Crippen LogP contribution in [0.15, 0.2) is 53.4 Å². The molecule has 218 valence electrons. The van der Waals surface area contributed by atoms with Crippen molar-refractivity contribution in [2.75, 3.05) is 26.1 Å². The Hall–Kier alpha value is -2.49. The molecule has 4 rings (SSSR count). The first-order valence-electron chi connectivity index (χ1n) is 14.2. The number of likely N-dealkylation sites (tertiary alicyclic amines) is 1. The molecule has 1 N–H and O–H groups in total. The van der Waals surface area contributed by atoms with Gasteiger partial charge >= 0.3 is 0 Å². The van der Waals surface area contributed by atoms with Gasteiger partial charge in [0.25, 0.3) is 0 Å². The minimum Gasteiger partial charge on any atom is -0.362 e. The van der Waals surface area contributed by atoms with Gasteiger partial charge in [0.05, 0.1) is 22.0 Å². The summed E-state index contributed by atoms with van der Waals surface area (Å²) in [6.07, 6.45) is 1.51. The van der Waals surface area contributed by atoms with E-state index in [9.17, 15) is 18.0 Å². The lowest BCUT2D eigenvalue weighted by molar-refractivity contribution is -0.139. The van der Waals surface area contributed by atoms with Gasteiger partial charge < -0.3 is 15.0 Å². The fourth-order valence-corrected chi connectivity index (χ4v) is 8.31. The van der Waals surface area contributed by atoms with Crippen LogP contribution < -0.4 is 5.32 Å². The molecule has 0 radical (unpaired) electrons. The van der Waals surface area contributed by atoms with Crippen molar-refractivity contribution in [2.45, 2.75) is 75.7 Å². The normalized spacial score (nSPS) is 25.1. The predicted octanol–water partition coefficient (Wildman–Crippen LogP) is 4.64. The molecule has 0 spiro atoms. The number of hydrogen-bond acceptors (Lipinski definition) is 5. The predicted molar refractivity (Wildman–Crippen MR) is 161 cm³/mol. The summed E-state index contributed by atoms with van der Waals surface area (Å²) in [4.78, 5) is 28.1. The van der Waals surface area contributed by atoms with Crippen molar-refractivity contribution in [2.24, 2.45) is 11.3 Å². The maximum absolute atomic E-state index is 13.6. The number of ether oxygens (including phenoxy) is 1. The molecule has 4 atom stereocenters. The van der Waals surface area contributed by atoms with E-state index < -0.39 is 29.2 Å². The van der Waals surface area contributed by atoms with Crippen LogP contribution in [0.5, 0.6) is 0 Å². The fraction of sp³-hybridized carbons (Fsp3) is 0.548. The number of likely N-dealkylation sites (N-methyl/N-ethyl adjacent to an activating group) is 1. The Morgan fingerprint density at radius 1 is 1.10 bits per heavy atom. The molecule has 7 nitrogen and oxygen atoms in total. The van der Waals surface area contributed by atoms with Gasteiger partial charge in [0, 0.05) is 33.7 Å². The van der Waals surface area contributed by atoms with Gasteiger partial charge in [-0.05, 0) is 61.1 Å². The summed E-state index contributed by atoms with van der Waals surface area (Å²) >= 11 is 0. The van der Waals surface area contributed by atoms with E-state index in [1.165, 1.54) is 0 Å². The largest absolute Gasteiger partial charge is 0.362 e. The quantitative estimate of drug-likeness (QED) is 0.250. The van der Waals surface area contributed by atoms with Gasteiger partial charge in [0.1, 0.15) is 6.73 Å². The van der Waals surface area contributed by atoms with Crippen LogP contribution in [0, 0.1) is 11.3 Å². The van der Waals surface area contributed by atoms with Crippen molar-refractivity contribution >= 4 is 29.7 Å². The Morgan fingerprint density at radius 2 is 1.77 bits per heavy atom. The highest BCUT2D eigenvalue weighted by Gasteiger charge is 2.42. The first-order chi connectivity index (χ1) is 18.7. The summed E-state index contributed by atoms with van der Waals surface area (Å²) in [6, 6.07) is 16.2. The van der Waals surface area contributed by atoms with Crippen LogP contribution in [0.2, 0.25) is 25.7 Å². The number of nitrogens with zero attached hydrogens (tertiary/aromatic N) is 1. The van der Waals surface area contributed by atoms with Gasteiger partial charge in [-0.15, -0.1) is 0 Å². The summed E-state index contributed by atoms with van der Waals surface area (Å²) in [5.41, 5.74) is 2.32. The summed E-state index contributed by atoms with van der Waals surface area (Å²) < 4.78 is 32.8. The molecule has 0 bridgehead atoms. The second kappa shape index (κ2) is 11.8. The van der Waals surface area contributed by atoms with Gasteiger partial charge in [0.2, 0.25) is 11.8 Å². The molecular weight excluding hydrogens is 541 g/mol. The van der Waals surface area contributed by atoms with Gasteiger partial charge in [-0.2, -0.15) is 0 Å². The van der Waals surface area contributed by atoms with Crippen molar-refractivity contribution in [3.63, 3.8) is 0 Å². The molecule has 2 amide bonds. The van der Waals surface area contributed by atoms with Crippen molar-refractivity contribution in [1.29, 1.82) is 0 Å². The third kappa shape index (κ3) is 6.86. The molecule has 1 unspecified atom stereocenters. The molecule has 1 heterocycles. The molecule has 40 heavy (non-hydrogen) atoms. The molecule has 0 saturated carbocycles. The number of nitrogens with one attached hydrogen (secondary N) is 1. The third-order valence-electron chi connectivity index (χ3n) is 8.65. The number of fused-ring (bicyclic) bond motifs is 1. The SMILES string of the molecule is C[C@@H]1[C@H](c2ccccc2)C[C@H](CS(=O)(=O)c2ccc3c(c2)CC(C)(C(=O)NCOCC[Si](C)(C)C)C3)C(=O)N1C. The van der Waals surface area contributed by atoms with Crippen molar-refractivity contribution in [3.05, 3.63) is 65.2 Å². The van der Waals surface area contributed by atoms with Crippen molar-refractivity contribution in [1.82, 2.24) is 10.2 Å². The minimum absolute atomic E-state index is 0.0107. The molecule has 1 saturated heterocycles. The van der Waals surface area contributed by atoms with Crippen LogP contribution in [0.4, 0.5) is 0 Å². The maximum atomic E-state index is 13.6. The Labute approximate surface area is 240 Å². The Bertz CT molecular complexity index is 1340. The Kier molecular flexibility index (Phi) is 8.97. The molecule has 2 aliphatic rings. The van der Waals surface area contributed by atoms with Crippen LogP contribution in [0.3, 0.4) is 0 Å². The Morgan fingerprint density at radius 3 is 2.45 bits per heavy atom. The second-order valence-corrected chi connectivity index (χ2v) is 20.8.